The first kappa shape index (κ1) is 13.6. The fraction of sp³-hybridized carbons (Fsp3) is 0.462. The van der Waals surface area contributed by atoms with Crippen LogP contribution in [0.5, 0.6) is 0 Å². The van der Waals surface area contributed by atoms with Crippen LogP contribution in [0.3, 0.4) is 0 Å². The summed E-state index contributed by atoms with van der Waals surface area (Å²) >= 11 is 11.2. The van der Waals surface area contributed by atoms with Crippen LogP contribution in [0.1, 0.15) is 5.56 Å². The highest BCUT2D eigenvalue weighted by Gasteiger charge is 2.12. The molecule has 2 rings (SSSR count). The number of nitrogens with zero attached hydrogens (tertiary/aromatic N) is 1. The molecule has 1 aliphatic rings. The van der Waals surface area contributed by atoms with Crippen molar-refractivity contribution in [1.29, 1.82) is 0 Å². The average molecular weight is 285 g/mol. The molecule has 1 heterocycles. The Balaban J connectivity index is 1.71. The van der Waals surface area contributed by atoms with Gasteiger partial charge in [-0.25, -0.2) is 0 Å². The van der Waals surface area contributed by atoms with E-state index in [1.807, 2.05) is 24.3 Å². The third-order valence-electron chi connectivity index (χ3n) is 2.90. The van der Waals surface area contributed by atoms with Crippen LogP contribution >= 0.6 is 23.8 Å². The maximum absolute atomic E-state index is 5.84. The van der Waals surface area contributed by atoms with Crippen molar-refractivity contribution >= 4 is 28.9 Å². The maximum atomic E-state index is 5.84. The minimum atomic E-state index is 0.763. The lowest BCUT2D eigenvalue weighted by atomic mass is 10.1. The first-order chi connectivity index (χ1) is 8.75. The van der Waals surface area contributed by atoms with Crippen molar-refractivity contribution in [1.82, 2.24) is 10.2 Å². The summed E-state index contributed by atoms with van der Waals surface area (Å²) in [6.45, 7) is 4.13. The Morgan fingerprint density at radius 2 is 1.94 bits per heavy atom. The lowest BCUT2D eigenvalue weighted by Crippen LogP contribution is -2.46. The van der Waals surface area contributed by atoms with Gasteiger partial charge in [0.05, 0.1) is 13.2 Å². The number of benzene rings is 1. The number of halogens is 1. The molecule has 0 spiro atoms. The number of hydrogen-bond acceptors (Lipinski definition) is 2. The third kappa shape index (κ3) is 4.12. The van der Waals surface area contributed by atoms with Gasteiger partial charge in [-0.05, 0) is 36.3 Å². The molecular formula is C13H17ClN2OS. The molecule has 0 radical (unpaired) electrons. The van der Waals surface area contributed by atoms with Crippen molar-refractivity contribution in [2.45, 2.75) is 6.42 Å². The highest BCUT2D eigenvalue weighted by molar-refractivity contribution is 7.80. The summed E-state index contributed by atoms with van der Waals surface area (Å²) in [5.41, 5.74) is 1.26. The van der Waals surface area contributed by atoms with Crippen LogP contribution < -0.4 is 5.32 Å². The molecule has 1 aromatic rings. The molecule has 0 amide bonds. The molecule has 1 aromatic carbocycles. The molecule has 0 aliphatic carbocycles. The zero-order valence-corrected chi connectivity index (χ0v) is 11.8. The van der Waals surface area contributed by atoms with Gasteiger partial charge in [-0.1, -0.05) is 23.7 Å². The van der Waals surface area contributed by atoms with Crippen molar-refractivity contribution in [3.05, 3.63) is 34.9 Å². The van der Waals surface area contributed by atoms with Gasteiger partial charge in [-0.3, -0.25) is 0 Å². The van der Waals surface area contributed by atoms with E-state index in [0.29, 0.717) is 0 Å². The van der Waals surface area contributed by atoms with Gasteiger partial charge in [0.2, 0.25) is 0 Å². The Morgan fingerprint density at radius 3 is 2.61 bits per heavy atom. The second-order valence-electron chi connectivity index (χ2n) is 4.21. The van der Waals surface area contributed by atoms with Crippen LogP contribution in [0.15, 0.2) is 24.3 Å². The molecule has 18 heavy (non-hydrogen) atoms. The Hall–Kier alpha value is -0.840. The van der Waals surface area contributed by atoms with E-state index < -0.39 is 0 Å². The molecular weight excluding hydrogens is 268 g/mol. The molecule has 3 nitrogen and oxygen atoms in total. The molecule has 1 saturated heterocycles. The zero-order valence-electron chi connectivity index (χ0n) is 10.2. The summed E-state index contributed by atoms with van der Waals surface area (Å²) in [5, 5.41) is 4.88. The summed E-state index contributed by atoms with van der Waals surface area (Å²) < 4.78 is 5.29. The Labute approximate surface area is 118 Å². The third-order valence-corrected chi connectivity index (χ3v) is 3.56. The van der Waals surface area contributed by atoms with Gasteiger partial charge < -0.3 is 15.0 Å². The van der Waals surface area contributed by atoms with Gasteiger partial charge in [0.15, 0.2) is 5.11 Å². The Kier molecular flexibility index (Phi) is 5.23. The van der Waals surface area contributed by atoms with Gasteiger partial charge in [-0.2, -0.15) is 0 Å². The van der Waals surface area contributed by atoms with Crippen molar-refractivity contribution in [3.8, 4) is 0 Å². The normalized spacial score (nSPS) is 15.5. The van der Waals surface area contributed by atoms with Gasteiger partial charge in [-0.15, -0.1) is 0 Å². The molecule has 1 aliphatic heterocycles. The van der Waals surface area contributed by atoms with Crippen molar-refractivity contribution in [3.63, 3.8) is 0 Å². The summed E-state index contributed by atoms with van der Waals surface area (Å²) in [5.74, 6) is 0. The highest BCUT2D eigenvalue weighted by atomic mass is 35.5. The summed E-state index contributed by atoms with van der Waals surface area (Å²) in [6, 6.07) is 7.91. The van der Waals surface area contributed by atoms with Crippen molar-refractivity contribution in [2.75, 3.05) is 32.8 Å². The van der Waals surface area contributed by atoms with Gasteiger partial charge in [0.1, 0.15) is 0 Å². The minimum absolute atomic E-state index is 0.763. The predicted molar refractivity (Wildman–Crippen MR) is 78.1 cm³/mol. The molecule has 0 saturated carbocycles. The molecule has 5 heteroatoms. The summed E-state index contributed by atoms with van der Waals surface area (Å²) in [7, 11) is 0. The standard InChI is InChI=1S/C13H17ClN2OS/c14-12-3-1-11(2-4-12)5-6-15-13(18)16-7-9-17-10-8-16/h1-4H,5-10H2,(H,15,18). The lowest BCUT2D eigenvalue weighted by molar-refractivity contribution is 0.0677. The van der Waals surface area contributed by atoms with Gasteiger partial charge in [0, 0.05) is 24.7 Å². The highest BCUT2D eigenvalue weighted by Crippen LogP contribution is 2.09. The minimum Gasteiger partial charge on any atom is -0.378 e. The maximum Gasteiger partial charge on any atom is 0.169 e. The van der Waals surface area contributed by atoms with Crippen LogP contribution in [0, 0.1) is 0 Å². The van der Waals surface area contributed by atoms with E-state index in [4.69, 9.17) is 28.6 Å². The second-order valence-corrected chi connectivity index (χ2v) is 5.03. The number of morpholine rings is 1. The van der Waals surface area contributed by atoms with Crippen molar-refractivity contribution in [2.24, 2.45) is 0 Å². The van der Waals surface area contributed by atoms with Crippen LogP contribution in [-0.4, -0.2) is 42.9 Å². The quantitative estimate of drug-likeness (QED) is 0.859. The first-order valence-corrected chi connectivity index (χ1v) is 6.89. The smallest absolute Gasteiger partial charge is 0.169 e. The number of nitrogens with one attached hydrogen (secondary N) is 1. The second kappa shape index (κ2) is 6.92. The van der Waals surface area contributed by atoms with Crippen LogP contribution in [0.25, 0.3) is 0 Å². The molecule has 0 aromatic heterocycles. The van der Waals surface area contributed by atoms with E-state index in [1.54, 1.807) is 0 Å². The summed E-state index contributed by atoms with van der Waals surface area (Å²) in [6.07, 6.45) is 0.946. The Morgan fingerprint density at radius 1 is 1.28 bits per heavy atom. The van der Waals surface area contributed by atoms with Crippen LogP contribution in [-0.2, 0) is 11.2 Å². The Bertz CT molecular complexity index is 390. The molecule has 1 N–H and O–H groups in total. The van der Waals surface area contributed by atoms with Crippen LogP contribution in [0.2, 0.25) is 5.02 Å². The fourth-order valence-electron chi connectivity index (χ4n) is 1.84. The van der Waals surface area contributed by atoms with E-state index in [1.165, 1.54) is 5.56 Å². The zero-order chi connectivity index (χ0) is 12.8. The molecule has 0 unspecified atom stereocenters. The SMILES string of the molecule is S=C(NCCc1ccc(Cl)cc1)N1CCOCC1. The number of ether oxygens (including phenoxy) is 1. The molecule has 0 bridgehead atoms. The fourth-order valence-corrected chi connectivity index (χ4v) is 2.25. The van der Waals surface area contributed by atoms with E-state index >= 15 is 0 Å². The largest absolute Gasteiger partial charge is 0.378 e. The number of hydrogen-bond donors (Lipinski definition) is 1. The van der Waals surface area contributed by atoms with Crippen LogP contribution in [0.4, 0.5) is 0 Å². The van der Waals surface area contributed by atoms with E-state index in [2.05, 4.69) is 10.2 Å². The monoisotopic (exact) mass is 284 g/mol. The lowest BCUT2D eigenvalue weighted by Gasteiger charge is -2.29. The predicted octanol–water partition coefficient (Wildman–Crippen LogP) is 2.09. The van der Waals surface area contributed by atoms with E-state index in [9.17, 15) is 0 Å². The van der Waals surface area contributed by atoms with Crippen molar-refractivity contribution < 1.29 is 4.74 Å². The molecule has 0 atom stereocenters. The summed E-state index contributed by atoms with van der Waals surface area (Å²) in [4.78, 5) is 2.15. The first-order valence-electron chi connectivity index (χ1n) is 6.10. The average Bonchev–Trinajstić information content (AvgIpc) is 2.42. The molecule has 98 valence electrons. The molecule has 1 fully saturated rings. The van der Waals surface area contributed by atoms with Gasteiger partial charge >= 0.3 is 0 Å². The van der Waals surface area contributed by atoms with E-state index in [0.717, 1.165) is 49.4 Å². The topological polar surface area (TPSA) is 24.5 Å². The van der Waals surface area contributed by atoms with E-state index in [-0.39, 0.29) is 0 Å². The van der Waals surface area contributed by atoms with Gasteiger partial charge in [0.25, 0.3) is 0 Å². The number of rotatable bonds is 3. The number of thiocarbonyl (C=S) groups is 1.